The van der Waals surface area contributed by atoms with E-state index in [1.165, 1.54) is 0 Å². The van der Waals surface area contributed by atoms with E-state index < -0.39 is 11.6 Å². The topological polar surface area (TPSA) is 55.4 Å². The fourth-order valence-electron chi connectivity index (χ4n) is 1.70. The first kappa shape index (κ1) is 15.7. The minimum atomic E-state index is -0.751. The van der Waals surface area contributed by atoms with Crippen LogP contribution in [0.25, 0.3) is 0 Å². The van der Waals surface area contributed by atoms with Crippen LogP contribution >= 0.6 is 0 Å². The third-order valence-electron chi connectivity index (χ3n) is 2.28. The first-order valence-electron chi connectivity index (χ1n) is 5.97. The number of carbonyl (C=O) groups is 2. The molecule has 0 aliphatic rings. The van der Waals surface area contributed by atoms with Gasteiger partial charge in [-0.2, -0.15) is 0 Å². The van der Waals surface area contributed by atoms with Crippen LogP contribution in [0.5, 0.6) is 0 Å². The fourth-order valence-corrected chi connectivity index (χ4v) is 1.70. The molecule has 1 unspecified atom stereocenters. The van der Waals surface area contributed by atoms with Crippen molar-refractivity contribution >= 4 is 11.9 Å². The molecular weight excluding hydrogens is 218 g/mol. The molecule has 0 aliphatic heterocycles. The van der Waals surface area contributed by atoms with Gasteiger partial charge < -0.3 is 10.1 Å². The van der Waals surface area contributed by atoms with E-state index in [-0.39, 0.29) is 18.4 Å². The van der Waals surface area contributed by atoms with E-state index in [0.29, 0.717) is 6.42 Å². The van der Waals surface area contributed by atoms with Crippen molar-refractivity contribution in [1.82, 2.24) is 5.32 Å². The van der Waals surface area contributed by atoms with Crippen LogP contribution in [0, 0.1) is 0 Å². The quantitative estimate of drug-likeness (QED) is 0.549. The molecule has 0 fully saturated rings. The highest BCUT2D eigenvalue weighted by Crippen LogP contribution is 2.22. The lowest BCUT2D eigenvalue weighted by molar-refractivity contribution is -0.155. The van der Waals surface area contributed by atoms with Crippen molar-refractivity contribution in [2.24, 2.45) is 0 Å². The van der Waals surface area contributed by atoms with Crippen LogP contribution in [0.4, 0.5) is 0 Å². The Balaban J connectivity index is 4.54. The summed E-state index contributed by atoms with van der Waals surface area (Å²) in [5, 5.41) is 2.79. The molecule has 0 rings (SSSR count). The molecule has 17 heavy (non-hydrogen) atoms. The fraction of sp³-hybridized carbons (Fsp3) is 0.692. The smallest absolute Gasteiger partial charge is 0.330 e. The van der Waals surface area contributed by atoms with Gasteiger partial charge in [0.05, 0.1) is 6.42 Å². The van der Waals surface area contributed by atoms with Crippen molar-refractivity contribution in [3.8, 4) is 0 Å². The molecule has 4 nitrogen and oxygen atoms in total. The van der Waals surface area contributed by atoms with Crippen molar-refractivity contribution in [3.63, 3.8) is 0 Å². The number of rotatable bonds is 7. The van der Waals surface area contributed by atoms with Gasteiger partial charge in [-0.3, -0.25) is 4.79 Å². The Morgan fingerprint density at radius 1 is 1.47 bits per heavy atom. The first-order valence-corrected chi connectivity index (χ1v) is 5.97. The molecule has 0 aromatic rings. The zero-order valence-electron chi connectivity index (χ0n) is 11.2. The van der Waals surface area contributed by atoms with Crippen molar-refractivity contribution in [1.29, 1.82) is 0 Å². The molecule has 0 heterocycles. The molecule has 4 heteroatoms. The lowest BCUT2D eigenvalue weighted by atomic mass is 9.95. The molecule has 0 saturated heterocycles. The van der Waals surface area contributed by atoms with Gasteiger partial charge in [-0.1, -0.05) is 19.9 Å². The summed E-state index contributed by atoms with van der Waals surface area (Å²) in [5.74, 6) is -0.592. The molecular formula is C13H23NO3. The summed E-state index contributed by atoms with van der Waals surface area (Å²) < 4.78 is 5.26. The van der Waals surface area contributed by atoms with Crippen LogP contribution in [0.15, 0.2) is 12.7 Å². The van der Waals surface area contributed by atoms with Gasteiger partial charge in [0.2, 0.25) is 5.91 Å². The van der Waals surface area contributed by atoms with E-state index in [4.69, 9.17) is 4.74 Å². The van der Waals surface area contributed by atoms with E-state index >= 15 is 0 Å². The van der Waals surface area contributed by atoms with Gasteiger partial charge in [0, 0.05) is 12.1 Å². The normalized spacial score (nSPS) is 13.9. The Hall–Kier alpha value is -1.32. The maximum Gasteiger partial charge on any atom is 0.330 e. The Kier molecular flexibility index (Phi) is 6.54. The summed E-state index contributed by atoms with van der Waals surface area (Å²) in [4.78, 5) is 22.9. The molecule has 0 aliphatic carbocycles. The highest BCUT2D eigenvalue weighted by Gasteiger charge is 2.30. The second-order valence-corrected chi connectivity index (χ2v) is 4.72. The predicted octanol–water partition coefficient (Wildman–Crippen LogP) is 2.19. The second-order valence-electron chi connectivity index (χ2n) is 4.72. The van der Waals surface area contributed by atoms with Gasteiger partial charge >= 0.3 is 5.97 Å². The van der Waals surface area contributed by atoms with E-state index in [2.05, 4.69) is 11.9 Å². The minimum Gasteiger partial charge on any atom is -0.456 e. The third-order valence-corrected chi connectivity index (χ3v) is 2.28. The zero-order valence-corrected chi connectivity index (χ0v) is 11.2. The standard InChI is InChI=1S/C13H23NO3/c1-6-8-13(5,17-12(16)7-2)9-11(15)14-10(3)4/h7,10H,2,6,8-9H2,1,3-5H3,(H,14,15). The number of amides is 1. The van der Waals surface area contributed by atoms with E-state index in [1.54, 1.807) is 6.92 Å². The largest absolute Gasteiger partial charge is 0.456 e. The number of carbonyl (C=O) groups excluding carboxylic acids is 2. The number of ether oxygens (including phenoxy) is 1. The van der Waals surface area contributed by atoms with Crippen LogP contribution in [-0.4, -0.2) is 23.5 Å². The molecule has 0 radical (unpaired) electrons. The van der Waals surface area contributed by atoms with E-state index in [9.17, 15) is 9.59 Å². The molecule has 0 aromatic heterocycles. The summed E-state index contributed by atoms with van der Waals surface area (Å²) in [6.45, 7) is 10.9. The van der Waals surface area contributed by atoms with Crippen LogP contribution in [0.2, 0.25) is 0 Å². The summed E-state index contributed by atoms with van der Waals surface area (Å²) in [6, 6.07) is 0.0866. The molecule has 0 aromatic carbocycles. The Bertz CT molecular complexity index is 286. The Morgan fingerprint density at radius 2 is 2.06 bits per heavy atom. The highest BCUT2D eigenvalue weighted by molar-refractivity contribution is 5.82. The van der Waals surface area contributed by atoms with Crippen molar-refractivity contribution < 1.29 is 14.3 Å². The predicted molar refractivity (Wildman–Crippen MR) is 67.5 cm³/mol. The Labute approximate surface area is 103 Å². The van der Waals surface area contributed by atoms with Gasteiger partial charge in [-0.05, 0) is 27.2 Å². The van der Waals surface area contributed by atoms with E-state index in [0.717, 1.165) is 12.5 Å². The summed E-state index contributed by atoms with van der Waals surface area (Å²) in [5.41, 5.74) is -0.751. The lowest BCUT2D eigenvalue weighted by Gasteiger charge is -2.28. The number of hydrogen-bond acceptors (Lipinski definition) is 3. The Morgan fingerprint density at radius 3 is 2.47 bits per heavy atom. The summed E-state index contributed by atoms with van der Waals surface area (Å²) >= 11 is 0. The molecule has 1 amide bonds. The van der Waals surface area contributed by atoms with Gasteiger partial charge in [0.1, 0.15) is 5.60 Å². The molecule has 98 valence electrons. The third kappa shape index (κ3) is 6.76. The van der Waals surface area contributed by atoms with E-state index in [1.807, 2.05) is 20.8 Å². The van der Waals surface area contributed by atoms with Crippen molar-refractivity contribution in [3.05, 3.63) is 12.7 Å². The highest BCUT2D eigenvalue weighted by atomic mass is 16.6. The number of nitrogens with one attached hydrogen (secondary N) is 1. The van der Waals surface area contributed by atoms with Crippen LogP contribution in [0.1, 0.15) is 47.0 Å². The zero-order chi connectivity index (χ0) is 13.5. The first-order chi connectivity index (χ1) is 7.83. The molecule has 1 atom stereocenters. The second kappa shape index (κ2) is 7.09. The number of esters is 1. The molecule has 0 saturated carbocycles. The SMILES string of the molecule is C=CC(=O)OC(C)(CCC)CC(=O)NC(C)C. The minimum absolute atomic E-state index is 0.0866. The molecule has 1 N–H and O–H groups in total. The van der Waals surface area contributed by atoms with Crippen LogP contribution in [-0.2, 0) is 14.3 Å². The van der Waals surface area contributed by atoms with Crippen LogP contribution in [0.3, 0.4) is 0 Å². The van der Waals surface area contributed by atoms with Gasteiger partial charge in [-0.15, -0.1) is 0 Å². The molecule has 0 bridgehead atoms. The lowest BCUT2D eigenvalue weighted by Crippen LogP contribution is -2.40. The summed E-state index contributed by atoms with van der Waals surface area (Å²) in [7, 11) is 0. The monoisotopic (exact) mass is 241 g/mol. The number of hydrogen-bond donors (Lipinski definition) is 1. The maximum atomic E-state index is 11.7. The molecule has 0 spiro atoms. The van der Waals surface area contributed by atoms with Gasteiger partial charge in [0.25, 0.3) is 0 Å². The summed E-state index contributed by atoms with van der Waals surface area (Å²) in [6.07, 6.45) is 2.79. The van der Waals surface area contributed by atoms with Crippen molar-refractivity contribution in [2.75, 3.05) is 0 Å². The average Bonchev–Trinajstić information content (AvgIpc) is 2.15. The van der Waals surface area contributed by atoms with Gasteiger partial charge in [-0.25, -0.2) is 4.79 Å². The average molecular weight is 241 g/mol. The maximum absolute atomic E-state index is 11.7. The van der Waals surface area contributed by atoms with Gasteiger partial charge in [0.15, 0.2) is 0 Å². The van der Waals surface area contributed by atoms with Crippen LogP contribution < -0.4 is 5.32 Å². The van der Waals surface area contributed by atoms with Crippen molar-refractivity contribution in [2.45, 2.75) is 58.6 Å².